The van der Waals surface area contributed by atoms with Gasteiger partial charge in [-0.15, -0.1) is 0 Å². The molecule has 11 heteroatoms. The van der Waals surface area contributed by atoms with E-state index in [1.54, 1.807) is 36.1 Å². The van der Waals surface area contributed by atoms with Crippen LogP contribution in [0.4, 0.5) is 29.5 Å². The zero-order valence-corrected chi connectivity index (χ0v) is 14.7. The second-order valence-electron chi connectivity index (χ2n) is 5.64. The van der Waals surface area contributed by atoms with Gasteiger partial charge in [0.2, 0.25) is 0 Å². The standard InChI is InChI=1S/C17H16F3N7O/c1-10-24-13(9-14(25-10)27-8-2-5-23-27)21-6-7-22-17(28)26-12-4-3-11(18)15(19)16(12)20/h2-5,8-9H,6-7H2,1H3,(H,21,24,25)(H2,22,26,28). The van der Waals surface area contributed by atoms with Crippen LogP contribution in [0, 0.1) is 24.4 Å². The van der Waals surface area contributed by atoms with Gasteiger partial charge in [-0.05, 0) is 25.1 Å². The molecule has 28 heavy (non-hydrogen) atoms. The van der Waals surface area contributed by atoms with E-state index >= 15 is 0 Å². The Balaban J connectivity index is 1.51. The normalized spacial score (nSPS) is 10.6. The highest BCUT2D eigenvalue weighted by Crippen LogP contribution is 2.19. The third-order valence-corrected chi connectivity index (χ3v) is 3.56. The minimum atomic E-state index is -1.65. The van der Waals surface area contributed by atoms with E-state index < -0.39 is 29.2 Å². The predicted molar refractivity (Wildman–Crippen MR) is 95.7 cm³/mol. The van der Waals surface area contributed by atoms with E-state index in [0.29, 0.717) is 24.0 Å². The van der Waals surface area contributed by atoms with E-state index in [4.69, 9.17) is 0 Å². The van der Waals surface area contributed by atoms with Crippen LogP contribution in [0.25, 0.3) is 5.82 Å². The number of aromatic nitrogens is 4. The molecule has 3 N–H and O–H groups in total. The molecule has 0 aliphatic rings. The third-order valence-electron chi connectivity index (χ3n) is 3.56. The van der Waals surface area contributed by atoms with Crippen molar-refractivity contribution in [1.29, 1.82) is 0 Å². The summed E-state index contributed by atoms with van der Waals surface area (Å²) in [5.74, 6) is -2.79. The van der Waals surface area contributed by atoms with Crippen LogP contribution in [-0.2, 0) is 0 Å². The van der Waals surface area contributed by atoms with Crippen molar-refractivity contribution in [3.05, 3.63) is 59.9 Å². The maximum atomic E-state index is 13.5. The first-order chi connectivity index (χ1) is 13.4. The van der Waals surface area contributed by atoms with Crippen molar-refractivity contribution in [2.75, 3.05) is 23.7 Å². The van der Waals surface area contributed by atoms with Gasteiger partial charge in [0.25, 0.3) is 0 Å². The first kappa shape index (κ1) is 19.1. The lowest BCUT2D eigenvalue weighted by atomic mass is 10.3. The summed E-state index contributed by atoms with van der Waals surface area (Å²) in [6.07, 6.45) is 3.37. The predicted octanol–water partition coefficient (Wildman–Crippen LogP) is 2.62. The highest BCUT2D eigenvalue weighted by atomic mass is 19.2. The van der Waals surface area contributed by atoms with Crippen LogP contribution < -0.4 is 16.0 Å². The average molecular weight is 391 g/mol. The Bertz CT molecular complexity index is 979. The number of urea groups is 1. The molecule has 0 radical (unpaired) electrons. The molecular formula is C17H16F3N7O. The molecule has 146 valence electrons. The smallest absolute Gasteiger partial charge is 0.319 e. The Morgan fingerprint density at radius 3 is 2.71 bits per heavy atom. The van der Waals surface area contributed by atoms with Gasteiger partial charge in [0, 0.05) is 31.5 Å². The lowest BCUT2D eigenvalue weighted by Crippen LogP contribution is -2.33. The molecule has 2 heterocycles. The molecule has 1 aromatic carbocycles. The van der Waals surface area contributed by atoms with Gasteiger partial charge in [0.15, 0.2) is 23.3 Å². The number of hydrogen-bond acceptors (Lipinski definition) is 5. The van der Waals surface area contributed by atoms with Gasteiger partial charge in [-0.25, -0.2) is 32.6 Å². The van der Waals surface area contributed by atoms with Crippen LogP contribution in [-0.4, -0.2) is 38.9 Å². The molecule has 0 saturated heterocycles. The molecule has 3 aromatic rings. The van der Waals surface area contributed by atoms with E-state index in [1.165, 1.54) is 0 Å². The van der Waals surface area contributed by atoms with E-state index in [2.05, 4.69) is 31.0 Å². The molecule has 2 aromatic heterocycles. The van der Waals surface area contributed by atoms with E-state index in [9.17, 15) is 18.0 Å². The van der Waals surface area contributed by atoms with Crippen molar-refractivity contribution in [1.82, 2.24) is 25.1 Å². The fourth-order valence-electron chi connectivity index (χ4n) is 2.32. The first-order valence-electron chi connectivity index (χ1n) is 8.22. The van der Waals surface area contributed by atoms with E-state index in [0.717, 1.165) is 12.1 Å². The molecule has 3 rings (SSSR count). The Morgan fingerprint density at radius 1 is 1.14 bits per heavy atom. The van der Waals surface area contributed by atoms with Crippen molar-refractivity contribution in [2.45, 2.75) is 6.92 Å². The number of nitrogens with one attached hydrogen (secondary N) is 3. The number of halogens is 3. The summed E-state index contributed by atoms with van der Waals surface area (Å²) in [4.78, 5) is 20.3. The van der Waals surface area contributed by atoms with Crippen LogP contribution in [0.1, 0.15) is 5.82 Å². The Morgan fingerprint density at radius 2 is 1.96 bits per heavy atom. The van der Waals surface area contributed by atoms with Crippen molar-refractivity contribution in [3.8, 4) is 5.82 Å². The van der Waals surface area contributed by atoms with Crippen molar-refractivity contribution < 1.29 is 18.0 Å². The number of benzene rings is 1. The second kappa shape index (κ2) is 8.37. The number of anilines is 2. The number of nitrogens with zero attached hydrogens (tertiary/aromatic N) is 4. The zero-order valence-electron chi connectivity index (χ0n) is 14.7. The number of aryl methyl sites for hydroxylation is 1. The number of carbonyl (C=O) groups is 1. The van der Waals surface area contributed by atoms with Crippen LogP contribution in [0.15, 0.2) is 36.7 Å². The molecule has 0 atom stereocenters. The Hall–Kier alpha value is -3.63. The molecule has 0 aliphatic carbocycles. The van der Waals surface area contributed by atoms with Gasteiger partial charge >= 0.3 is 6.03 Å². The number of carbonyl (C=O) groups excluding carboxylic acids is 1. The summed E-state index contributed by atoms with van der Waals surface area (Å²) in [7, 11) is 0. The van der Waals surface area contributed by atoms with Crippen LogP contribution in [0.5, 0.6) is 0 Å². The summed E-state index contributed by atoms with van der Waals surface area (Å²) >= 11 is 0. The van der Waals surface area contributed by atoms with Crippen molar-refractivity contribution >= 4 is 17.5 Å². The fourth-order valence-corrected chi connectivity index (χ4v) is 2.32. The lowest BCUT2D eigenvalue weighted by molar-refractivity contribution is 0.252. The van der Waals surface area contributed by atoms with Gasteiger partial charge in [-0.2, -0.15) is 5.10 Å². The number of rotatable bonds is 6. The van der Waals surface area contributed by atoms with E-state index in [-0.39, 0.29) is 6.54 Å². The number of hydrogen-bond donors (Lipinski definition) is 3. The molecule has 0 unspecified atom stereocenters. The minimum Gasteiger partial charge on any atom is -0.368 e. The summed E-state index contributed by atoms with van der Waals surface area (Å²) < 4.78 is 41.2. The average Bonchev–Trinajstić information content (AvgIpc) is 3.20. The van der Waals surface area contributed by atoms with Crippen molar-refractivity contribution in [3.63, 3.8) is 0 Å². The third kappa shape index (κ3) is 4.55. The molecular weight excluding hydrogens is 375 g/mol. The SMILES string of the molecule is Cc1nc(NCCNC(=O)Nc2ccc(F)c(F)c2F)cc(-n2cccn2)n1. The van der Waals surface area contributed by atoms with Gasteiger partial charge in [0.1, 0.15) is 11.6 Å². The molecule has 2 amide bonds. The largest absolute Gasteiger partial charge is 0.368 e. The van der Waals surface area contributed by atoms with Gasteiger partial charge < -0.3 is 16.0 Å². The van der Waals surface area contributed by atoms with Gasteiger partial charge in [-0.1, -0.05) is 0 Å². The van der Waals surface area contributed by atoms with Gasteiger partial charge in [0.05, 0.1) is 5.69 Å². The summed E-state index contributed by atoms with van der Waals surface area (Å²) in [5, 5.41) is 11.7. The molecule has 0 aliphatic heterocycles. The maximum absolute atomic E-state index is 13.5. The van der Waals surface area contributed by atoms with Crippen molar-refractivity contribution in [2.24, 2.45) is 0 Å². The summed E-state index contributed by atoms with van der Waals surface area (Å²) in [5.41, 5.74) is -0.459. The first-order valence-corrected chi connectivity index (χ1v) is 8.22. The monoisotopic (exact) mass is 391 g/mol. The lowest BCUT2D eigenvalue weighted by Gasteiger charge is -2.11. The second-order valence-corrected chi connectivity index (χ2v) is 5.64. The Kier molecular flexibility index (Phi) is 5.72. The van der Waals surface area contributed by atoms with Crippen LogP contribution in [0.2, 0.25) is 0 Å². The maximum Gasteiger partial charge on any atom is 0.319 e. The molecule has 0 spiro atoms. The molecule has 0 fully saturated rings. The molecule has 0 bridgehead atoms. The molecule has 8 nitrogen and oxygen atoms in total. The molecule has 0 saturated carbocycles. The minimum absolute atomic E-state index is 0.164. The highest BCUT2D eigenvalue weighted by molar-refractivity contribution is 5.89. The zero-order chi connectivity index (χ0) is 20.1. The summed E-state index contributed by atoms with van der Waals surface area (Å²) in [6.45, 7) is 2.21. The van der Waals surface area contributed by atoms with E-state index in [1.807, 2.05) is 0 Å². The van der Waals surface area contributed by atoms with Crippen LogP contribution in [0.3, 0.4) is 0 Å². The quantitative estimate of drug-likeness (QED) is 0.443. The highest BCUT2D eigenvalue weighted by Gasteiger charge is 2.14. The van der Waals surface area contributed by atoms with Crippen LogP contribution >= 0.6 is 0 Å². The Labute approximate surface area is 157 Å². The number of amides is 2. The summed E-state index contributed by atoms with van der Waals surface area (Å²) in [6, 6.07) is 4.36. The van der Waals surface area contributed by atoms with Gasteiger partial charge in [-0.3, -0.25) is 0 Å². The topological polar surface area (TPSA) is 96.8 Å². The fraction of sp³-hybridized carbons (Fsp3) is 0.176.